The minimum atomic E-state index is -0.796. The van der Waals surface area contributed by atoms with E-state index in [0.717, 1.165) is 10.9 Å². The molecular weight excluding hydrogens is 605 g/mol. The van der Waals surface area contributed by atoms with Crippen LogP contribution in [0.4, 0.5) is 0 Å². The van der Waals surface area contributed by atoms with Gasteiger partial charge in [0, 0.05) is 10.9 Å². The van der Waals surface area contributed by atoms with Crippen molar-refractivity contribution in [1.29, 1.82) is 0 Å². The molecule has 0 fully saturated rings. The Morgan fingerprint density at radius 2 is 2.06 bits per heavy atom. The van der Waals surface area contributed by atoms with E-state index in [1.54, 1.807) is 25.3 Å². The number of benzene rings is 2. The van der Waals surface area contributed by atoms with Crippen LogP contribution >= 0.6 is 38.5 Å². The summed E-state index contributed by atoms with van der Waals surface area (Å²) in [6.07, 6.45) is 2.21. The van der Waals surface area contributed by atoms with Crippen molar-refractivity contribution in [1.82, 2.24) is 9.66 Å². The maximum Gasteiger partial charge on any atom is 0.346 e. The van der Waals surface area contributed by atoms with Gasteiger partial charge in [0.25, 0.3) is 5.56 Å². The van der Waals surface area contributed by atoms with Crippen LogP contribution in [-0.4, -0.2) is 42.2 Å². The summed E-state index contributed by atoms with van der Waals surface area (Å²) in [5, 5.41) is 4.93. The van der Waals surface area contributed by atoms with Crippen molar-refractivity contribution in [2.24, 2.45) is 5.10 Å². The van der Waals surface area contributed by atoms with Crippen molar-refractivity contribution >= 4 is 61.6 Å². The van der Waals surface area contributed by atoms with E-state index in [1.165, 1.54) is 18.9 Å². The number of ether oxygens (including phenoxy) is 3. The summed E-state index contributed by atoms with van der Waals surface area (Å²) in [5.74, 6) is 0.953. The lowest BCUT2D eigenvalue weighted by Crippen LogP contribution is -2.25. The Hall–Kier alpha value is -2.47. The third kappa shape index (κ3) is 5.72. The van der Waals surface area contributed by atoms with Crippen LogP contribution in [0.5, 0.6) is 11.5 Å². The zero-order valence-electron chi connectivity index (χ0n) is 18.6. The largest absolute Gasteiger partial charge is 0.493 e. The fourth-order valence-corrected chi connectivity index (χ4v) is 4.26. The molecule has 0 saturated heterocycles. The lowest BCUT2D eigenvalue weighted by molar-refractivity contribution is -0.147. The second kappa shape index (κ2) is 11.1. The first-order valence-corrected chi connectivity index (χ1v) is 12.0. The van der Waals surface area contributed by atoms with Crippen LogP contribution in [0.25, 0.3) is 10.9 Å². The molecular formula is C23H23BrIN3O5. The zero-order valence-corrected chi connectivity index (χ0v) is 22.3. The first-order chi connectivity index (χ1) is 15.8. The van der Waals surface area contributed by atoms with Crippen LogP contribution in [0.15, 0.2) is 44.7 Å². The first-order valence-electron chi connectivity index (χ1n) is 10.2. The Morgan fingerprint density at radius 3 is 2.73 bits per heavy atom. The summed E-state index contributed by atoms with van der Waals surface area (Å²) in [4.78, 5) is 29.5. The topological polar surface area (TPSA) is 92.0 Å². The molecule has 0 unspecified atom stereocenters. The van der Waals surface area contributed by atoms with E-state index in [9.17, 15) is 9.59 Å². The summed E-state index contributed by atoms with van der Waals surface area (Å²) in [7, 11) is 2.82. The van der Waals surface area contributed by atoms with E-state index in [4.69, 9.17) is 14.2 Å². The van der Waals surface area contributed by atoms with Gasteiger partial charge in [0.1, 0.15) is 5.82 Å². The van der Waals surface area contributed by atoms with E-state index in [2.05, 4.69) is 48.6 Å². The van der Waals surface area contributed by atoms with Gasteiger partial charge in [-0.05, 0) is 71.8 Å². The number of aromatic nitrogens is 2. The molecule has 0 aliphatic heterocycles. The number of hydrogen-bond acceptors (Lipinski definition) is 7. The monoisotopic (exact) mass is 627 g/mol. The SMILES string of the molecule is CCCc1nc2ccc(Br)cc2c(=O)n1N=Cc1cc(I)c(O[C@H](C)C(=O)OC)c(OC)c1. The molecule has 1 aromatic heterocycles. The van der Waals surface area contributed by atoms with Crippen LogP contribution < -0.4 is 15.0 Å². The maximum atomic E-state index is 13.2. The summed E-state index contributed by atoms with van der Waals surface area (Å²) in [5.41, 5.74) is 1.09. The molecule has 0 N–H and O–H groups in total. The molecule has 2 aromatic carbocycles. The van der Waals surface area contributed by atoms with E-state index in [1.807, 2.05) is 25.1 Å². The lowest BCUT2D eigenvalue weighted by atomic mass is 10.2. The van der Waals surface area contributed by atoms with Crippen molar-refractivity contribution in [3.8, 4) is 11.5 Å². The highest BCUT2D eigenvalue weighted by Crippen LogP contribution is 2.34. The molecule has 33 heavy (non-hydrogen) atoms. The van der Waals surface area contributed by atoms with E-state index < -0.39 is 12.1 Å². The fraction of sp³-hybridized carbons (Fsp3) is 0.304. The van der Waals surface area contributed by atoms with Crippen molar-refractivity contribution in [3.63, 3.8) is 0 Å². The number of fused-ring (bicyclic) bond motifs is 1. The van der Waals surface area contributed by atoms with Gasteiger partial charge in [-0.1, -0.05) is 22.9 Å². The molecule has 0 radical (unpaired) electrons. The molecule has 0 aliphatic rings. The molecule has 1 heterocycles. The minimum absolute atomic E-state index is 0.241. The molecule has 0 aliphatic carbocycles. The van der Waals surface area contributed by atoms with Crippen molar-refractivity contribution in [3.05, 3.63) is 60.1 Å². The average molecular weight is 628 g/mol. The number of hydrogen-bond donors (Lipinski definition) is 0. The predicted octanol–water partition coefficient (Wildman–Crippen LogP) is 4.55. The summed E-state index contributed by atoms with van der Waals surface area (Å²) < 4.78 is 18.8. The number of halogens is 2. The Kier molecular flexibility index (Phi) is 8.46. The van der Waals surface area contributed by atoms with Crippen LogP contribution in [0.3, 0.4) is 0 Å². The van der Waals surface area contributed by atoms with Gasteiger partial charge in [0.15, 0.2) is 17.6 Å². The number of nitrogens with zero attached hydrogens (tertiary/aromatic N) is 3. The third-order valence-electron chi connectivity index (χ3n) is 4.75. The van der Waals surface area contributed by atoms with E-state index in [-0.39, 0.29) is 5.56 Å². The van der Waals surface area contributed by atoms with Gasteiger partial charge in [-0.2, -0.15) is 9.78 Å². The molecule has 0 spiro atoms. The smallest absolute Gasteiger partial charge is 0.346 e. The fourth-order valence-electron chi connectivity index (χ4n) is 3.14. The van der Waals surface area contributed by atoms with Crippen molar-refractivity contribution in [2.45, 2.75) is 32.8 Å². The number of esters is 1. The van der Waals surface area contributed by atoms with Gasteiger partial charge >= 0.3 is 5.97 Å². The van der Waals surface area contributed by atoms with Gasteiger partial charge in [0.2, 0.25) is 0 Å². The minimum Gasteiger partial charge on any atom is -0.493 e. The highest BCUT2D eigenvalue weighted by molar-refractivity contribution is 14.1. The third-order valence-corrected chi connectivity index (χ3v) is 6.05. The van der Waals surface area contributed by atoms with Gasteiger partial charge in [-0.3, -0.25) is 4.79 Å². The Bertz CT molecular complexity index is 1280. The lowest BCUT2D eigenvalue weighted by Gasteiger charge is -2.17. The second-order valence-corrected chi connectivity index (χ2v) is 9.20. The van der Waals surface area contributed by atoms with E-state index >= 15 is 0 Å². The number of aryl methyl sites for hydroxylation is 1. The quantitative estimate of drug-likeness (QED) is 0.207. The zero-order chi connectivity index (χ0) is 24.1. The van der Waals surface area contributed by atoms with Crippen LogP contribution in [-0.2, 0) is 16.0 Å². The molecule has 0 amide bonds. The number of rotatable bonds is 8. The predicted molar refractivity (Wildman–Crippen MR) is 139 cm³/mol. The summed E-state index contributed by atoms with van der Waals surface area (Å²) in [6.45, 7) is 3.62. The molecule has 174 valence electrons. The maximum absolute atomic E-state index is 13.2. The standard InChI is InChI=1S/C23H23BrIN3O5/c1-5-6-20-27-18-8-7-15(24)11-16(18)22(29)28(20)26-12-14-9-17(25)21(19(10-14)31-3)33-13(2)23(30)32-4/h7-13H,5-6H2,1-4H3/t13-/m1/s1. The van der Waals surface area contributed by atoms with Gasteiger partial charge < -0.3 is 14.2 Å². The summed E-state index contributed by atoms with van der Waals surface area (Å²) in [6, 6.07) is 8.96. The van der Waals surface area contributed by atoms with Crippen LogP contribution in [0.2, 0.25) is 0 Å². The summed E-state index contributed by atoms with van der Waals surface area (Å²) >= 11 is 5.50. The molecule has 3 rings (SSSR count). The highest BCUT2D eigenvalue weighted by atomic mass is 127. The van der Waals surface area contributed by atoms with E-state index in [0.29, 0.717) is 43.8 Å². The molecule has 0 bridgehead atoms. The van der Waals surface area contributed by atoms with Gasteiger partial charge in [0.05, 0.1) is 34.9 Å². The van der Waals surface area contributed by atoms with Gasteiger partial charge in [-0.25, -0.2) is 9.78 Å². The second-order valence-electron chi connectivity index (χ2n) is 7.12. The Morgan fingerprint density at radius 1 is 1.30 bits per heavy atom. The van der Waals surface area contributed by atoms with Crippen molar-refractivity contribution < 1.29 is 19.0 Å². The normalized spacial score (nSPS) is 12.2. The average Bonchev–Trinajstić information content (AvgIpc) is 2.80. The van der Waals surface area contributed by atoms with Crippen molar-refractivity contribution in [2.75, 3.05) is 14.2 Å². The Balaban J connectivity index is 2.03. The molecule has 8 nitrogen and oxygen atoms in total. The van der Waals surface area contributed by atoms with Crippen LogP contribution in [0, 0.1) is 3.57 Å². The number of carbonyl (C=O) groups excluding carboxylic acids is 1. The Labute approximate surface area is 213 Å². The highest BCUT2D eigenvalue weighted by Gasteiger charge is 2.20. The molecule has 0 saturated carbocycles. The first kappa shape index (κ1) is 25.2. The molecule has 10 heteroatoms. The number of carbonyl (C=O) groups is 1. The molecule has 3 aromatic rings. The number of methoxy groups -OCH3 is 2. The molecule has 1 atom stereocenters. The van der Waals surface area contributed by atoms with Gasteiger partial charge in [-0.15, -0.1) is 0 Å². The van der Waals surface area contributed by atoms with Crippen LogP contribution in [0.1, 0.15) is 31.7 Å².